The van der Waals surface area contributed by atoms with E-state index in [2.05, 4.69) is 6.92 Å². The molecule has 0 amide bonds. The van der Waals surface area contributed by atoms with E-state index in [4.69, 9.17) is 0 Å². The zero-order chi connectivity index (χ0) is 19.3. The lowest BCUT2D eigenvalue weighted by molar-refractivity contribution is -0.168. The molecular weight excluding hydrogens is 328 g/mol. The third-order valence-corrected chi connectivity index (χ3v) is 5.79. The molecule has 0 aromatic carbocycles. The van der Waals surface area contributed by atoms with Gasteiger partial charge in [-0.25, -0.2) is 0 Å². The second-order valence-corrected chi connectivity index (χ2v) is 8.06. The molecule has 0 aliphatic heterocycles. The zero-order valence-corrected chi connectivity index (χ0v) is 16.8. The number of hydrogen-bond donors (Lipinski definition) is 4. The summed E-state index contributed by atoms with van der Waals surface area (Å²) in [7, 11) is 0. The minimum absolute atomic E-state index is 0.407. The molecule has 4 nitrogen and oxygen atoms in total. The van der Waals surface area contributed by atoms with Crippen molar-refractivity contribution in [2.75, 3.05) is 0 Å². The summed E-state index contributed by atoms with van der Waals surface area (Å²) in [5.74, 6) is 0. The van der Waals surface area contributed by atoms with Crippen LogP contribution >= 0.6 is 0 Å². The lowest BCUT2D eigenvalue weighted by Gasteiger charge is -2.34. The van der Waals surface area contributed by atoms with Crippen LogP contribution in [0.4, 0.5) is 0 Å². The highest BCUT2D eigenvalue weighted by Crippen LogP contribution is 2.30. The van der Waals surface area contributed by atoms with Gasteiger partial charge in [0.05, 0.1) is 6.10 Å². The Morgan fingerprint density at radius 3 is 1.42 bits per heavy atom. The van der Waals surface area contributed by atoms with Crippen molar-refractivity contribution in [1.82, 2.24) is 0 Å². The van der Waals surface area contributed by atoms with Crippen molar-refractivity contribution in [3.05, 3.63) is 12.2 Å². The van der Waals surface area contributed by atoms with Crippen LogP contribution in [0.2, 0.25) is 0 Å². The highest BCUT2D eigenvalue weighted by atomic mass is 16.4. The quantitative estimate of drug-likeness (QED) is 0.242. The Morgan fingerprint density at radius 1 is 0.692 bits per heavy atom. The fourth-order valence-electron chi connectivity index (χ4n) is 3.85. The smallest absolute Gasteiger partial charge is 0.149 e. The summed E-state index contributed by atoms with van der Waals surface area (Å²) in [5, 5.41) is 39.9. The predicted molar refractivity (Wildman–Crippen MR) is 107 cm³/mol. The van der Waals surface area contributed by atoms with Gasteiger partial charge in [0.25, 0.3) is 0 Å². The van der Waals surface area contributed by atoms with Crippen molar-refractivity contribution in [2.24, 2.45) is 0 Å². The van der Waals surface area contributed by atoms with Gasteiger partial charge in [-0.05, 0) is 6.42 Å². The molecule has 0 bridgehead atoms. The molecule has 3 unspecified atom stereocenters. The normalized spacial score (nSPS) is 26.5. The average Bonchev–Trinajstić information content (AvgIpc) is 2.90. The van der Waals surface area contributed by atoms with Gasteiger partial charge in [0.2, 0.25) is 0 Å². The van der Waals surface area contributed by atoms with Crippen LogP contribution in [0.15, 0.2) is 12.2 Å². The summed E-state index contributed by atoms with van der Waals surface area (Å²) in [6.07, 6.45) is 17.4. The van der Waals surface area contributed by atoms with Gasteiger partial charge < -0.3 is 20.4 Å². The number of unbranched alkanes of at least 4 members (excludes halogenated alkanes) is 13. The standard InChI is InChI=1S/C22H42O4/c1-2-3-4-5-6-7-8-9-10-11-12-13-14-15-16-19(23)22(26)20(24)17-18-21(22)25/h17-21,23-26H,2-16H2,1H3/t19?,20-,21?,22?/m0/s1. The fourth-order valence-corrected chi connectivity index (χ4v) is 3.85. The molecule has 0 aromatic rings. The summed E-state index contributed by atoms with van der Waals surface area (Å²) in [6.45, 7) is 2.26. The highest BCUT2D eigenvalue weighted by molar-refractivity contribution is 5.20. The van der Waals surface area contributed by atoms with Crippen molar-refractivity contribution < 1.29 is 20.4 Å². The summed E-state index contributed by atoms with van der Waals surface area (Å²) in [6, 6.07) is 0. The van der Waals surface area contributed by atoms with Crippen molar-refractivity contribution in [1.29, 1.82) is 0 Å². The molecule has 0 saturated heterocycles. The molecule has 1 rings (SSSR count). The van der Waals surface area contributed by atoms with E-state index in [0.29, 0.717) is 6.42 Å². The van der Waals surface area contributed by atoms with E-state index in [-0.39, 0.29) is 0 Å². The summed E-state index contributed by atoms with van der Waals surface area (Å²) < 4.78 is 0. The first-order chi connectivity index (χ1) is 12.5. The molecular formula is C22H42O4. The third-order valence-electron chi connectivity index (χ3n) is 5.79. The van der Waals surface area contributed by atoms with Gasteiger partial charge in [0, 0.05) is 0 Å². The largest absolute Gasteiger partial charge is 0.390 e. The monoisotopic (exact) mass is 370 g/mol. The fraction of sp³-hybridized carbons (Fsp3) is 0.909. The molecule has 4 N–H and O–H groups in total. The first-order valence-electron chi connectivity index (χ1n) is 11.0. The number of hydrogen-bond acceptors (Lipinski definition) is 4. The first kappa shape index (κ1) is 23.6. The van der Waals surface area contributed by atoms with E-state index >= 15 is 0 Å². The minimum atomic E-state index is -1.84. The maximum atomic E-state index is 10.3. The Kier molecular flexibility index (Phi) is 12.4. The molecule has 0 saturated carbocycles. The van der Waals surface area contributed by atoms with Gasteiger partial charge in [-0.3, -0.25) is 0 Å². The third kappa shape index (κ3) is 8.08. The van der Waals surface area contributed by atoms with E-state index in [1.807, 2.05) is 0 Å². The molecule has 0 spiro atoms. The molecule has 4 atom stereocenters. The Morgan fingerprint density at radius 2 is 1.04 bits per heavy atom. The van der Waals surface area contributed by atoms with E-state index in [1.165, 1.54) is 82.8 Å². The van der Waals surface area contributed by atoms with Gasteiger partial charge in [0.15, 0.2) is 0 Å². The van der Waals surface area contributed by atoms with Crippen LogP contribution in [0, 0.1) is 0 Å². The van der Waals surface area contributed by atoms with Crippen molar-refractivity contribution in [2.45, 2.75) is 127 Å². The molecule has 1 aliphatic carbocycles. The maximum absolute atomic E-state index is 10.3. The van der Waals surface area contributed by atoms with Crippen LogP contribution in [0.5, 0.6) is 0 Å². The molecule has 0 radical (unpaired) electrons. The molecule has 0 heterocycles. The van der Waals surface area contributed by atoms with E-state index in [1.54, 1.807) is 0 Å². The molecule has 26 heavy (non-hydrogen) atoms. The number of aliphatic hydroxyl groups excluding tert-OH is 3. The summed E-state index contributed by atoms with van der Waals surface area (Å²) in [5.41, 5.74) is -1.84. The average molecular weight is 371 g/mol. The Bertz CT molecular complexity index is 357. The lowest BCUT2D eigenvalue weighted by Crippen LogP contribution is -2.56. The van der Waals surface area contributed by atoms with Crippen LogP contribution in [0.1, 0.15) is 103 Å². The molecule has 0 fully saturated rings. The molecule has 0 aromatic heterocycles. The molecule has 154 valence electrons. The Labute approximate surface area is 160 Å². The summed E-state index contributed by atoms with van der Waals surface area (Å²) >= 11 is 0. The summed E-state index contributed by atoms with van der Waals surface area (Å²) in [4.78, 5) is 0. The van der Waals surface area contributed by atoms with Gasteiger partial charge in [0.1, 0.15) is 17.8 Å². The second-order valence-electron chi connectivity index (χ2n) is 8.06. The number of rotatable bonds is 16. The topological polar surface area (TPSA) is 80.9 Å². The van der Waals surface area contributed by atoms with E-state index < -0.39 is 23.9 Å². The van der Waals surface area contributed by atoms with Crippen LogP contribution in [-0.2, 0) is 0 Å². The van der Waals surface area contributed by atoms with E-state index in [0.717, 1.165) is 19.3 Å². The minimum Gasteiger partial charge on any atom is -0.390 e. The van der Waals surface area contributed by atoms with Crippen LogP contribution in [-0.4, -0.2) is 44.3 Å². The second kappa shape index (κ2) is 13.7. The lowest BCUT2D eigenvalue weighted by atomic mass is 9.86. The van der Waals surface area contributed by atoms with Gasteiger partial charge in [-0.1, -0.05) is 109 Å². The zero-order valence-electron chi connectivity index (χ0n) is 16.8. The van der Waals surface area contributed by atoms with Crippen molar-refractivity contribution in [3.63, 3.8) is 0 Å². The maximum Gasteiger partial charge on any atom is 0.149 e. The molecule has 1 aliphatic rings. The van der Waals surface area contributed by atoms with E-state index in [9.17, 15) is 20.4 Å². The van der Waals surface area contributed by atoms with Crippen molar-refractivity contribution in [3.8, 4) is 0 Å². The number of aliphatic hydroxyl groups is 4. The first-order valence-corrected chi connectivity index (χ1v) is 11.0. The highest BCUT2D eigenvalue weighted by Gasteiger charge is 2.49. The predicted octanol–water partition coefficient (Wildman–Crippen LogP) is 4.24. The van der Waals surface area contributed by atoms with Crippen LogP contribution in [0.25, 0.3) is 0 Å². The van der Waals surface area contributed by atoms with Crippen LogP contribution in [0.3, 0.4) is 0 Å². The van der Waals surface area contributed by atoms with Gasteiger partial charge in [-0.2, -0.15) is 0 Å². The molecule has 4 heteroatoms. The SMILES string of the molecule is CCCCCCCCCCCCCCCCC(O)C1(O)C(O)C=C[C@@H]1O. The van der Waals surface area contributed by atoms with Crippen molar-refractivity contribution >= 4 is 0 Å². The Balaban J connectivity index is 1.89. The van der Waals surface area contributed by atoms with Gasteiger partial charge in [-0.15, -0.1) is 0 Å². The van der Waals surface area contributed by atoms with Crippen LogP contribution < -0.4 is 0 Å². The van der Waals surface area contributed by atoms with Gasteiger partial charge >= 0.3 is 0 Å². The Hall–Kier alpha value is -0.420.